The standard InChI is InChI=1S/C21H18ClFN2O2S/c1-27-18-9-7-15(20(23)19(18)14-4-3-5-16(22)11-14)10-13-6-8-17(24-12-13)21(26)25-28-2/h3-9,11-12H,10H2,1-2H3,(H,25,26). The molecule has 4 nitrogen and oxygen atoms in total. The number of hydrogen-bond acceptors (Lipinski definition) is 4. The van der Waals surface area contributed by atoms with Crippen molar-refractivity contribution in [1.82, 2.24) is 9.71 Å². The van der Waals surface area contributed by atoms with Crippen molar-refractivity contribution in [3.05, 3.63) is 82.4 Å². The first-order valence-corrected chi connectivity index (χ1v) is 10.0. The van der Waals surface area contributed by atoms with E-state index in [0.29, 0.717) is 39.6 Å². The molecule has 3 aromatic rings. The van der Waals surface area contributed by atoms with Gasteiger partial charge in [-0.25, -0.2) is 4.39 Å². The van der Waals surface area contributed by atoms with Crippen LogP contribution < -0.4 is 9.46 Å². The van der Waals surface area contributed by atoms with E-state index in [4.69, 9.17) is 16.3 Å². The molecule has 0 atom stereocenters. The lowest BCUT2D eigenvalue weighted by Crippen LogP contribution is -2.16. The Morgan fingerprint density at radius 1 is 1.25 bits per heavy atom. The second kappa shape index (κ2) is 9.08. The van der Waals surface area contributed by atoms with E-state index in [1.54, 1.807) is 61.0 Å². The number of aromatic nitrogens is 1. The van der Waals surface area contributed by atoms with Crippen LogP contribution in [0.25, 0.3) is 11.1 Å². The van der Waals surface area contributed by atoms with Crippen LogP contribution in [0, 0.1) is 5.82 Å². The number of ether oxygens (including phenoxy) is 1. The molecule has 2 aromatic carbocycles. The van der Waals surface area contributed by atoms with Gasteiger partial charge in [0.1, 0.15) is 17.3 Å². The lowest BCUT2D eigenvalue weighted by atomic mass is 9.97. The smallest absolute Gasteiger partial charge is 0.279 e. The van der Waals surface area contributed by atoms with Crippen LogP contribution in [0.5, 0.6) is 5.75 Å². The largest absolute Gasteiger partial charge is 0.496 e. The molecule has 28 heavy (non-hydrogen) atoms. The van der Waals surface area contributed by atoms with Crippen LogP contribution in [0.3, 0.4) is 0 Å². The van der Waals surface area contributed by atoms with Crippen molar-refractivity contribution in [2.24, 2.45) is 0 Å². The third kappa shape index (κ3) is 4.46. The molecule has 0 fully saturated rings. The Morgan fingerprint density at radius 3 is 2.71 bits per heavy atom. The zero-order chi connectivity index (χ0) is 20.1. The molecule has 0 aliphatic carbocycles. The number of pyridine rings is 1. The van der Waals surface area contributed by atoms with Crippen molar-refractivity contribution in [3.63, 3.8) is 0 Å². The summed E-state index contributed by atoms with van der Waals surface area (Å²) in [5.74, 6) is -0.200. The lowest BCUT2D eigenvalue weighted by Gasteiger charge is -2.14. The van der Waals surface area contributed by atoms with Crippen LogP contribution in [-0.2, 0) is 6.42 Å². The molecular weight excluding hydrogens is 399 g/mol. The third-order valence-electron chi connectivity index (χ3n) is 4.16. The minimum Gasteiger partial charge on any atom is -0.496 e. The first kappa shape index (κ1) is 20.2. The Hall–Kier alpha value is -2.57. The molecule has 0 saturated carbocycles. The number of amides is 1. The molecule has 144 valence electrons. The van der Waals surface area contributed by atoms with Crippen LogP contribution in [0.1, 0.15) is 21.6 Å². The number of rotatable bonds is 6. The van der Waals surface area contributed by atoms with E-state index in [1.807, 2.05) is 0 Å². The number of methoxy groups -OCH3 is 1. The SMILES string of the molecule is COc1ccc(Cc2ccc(C(=O)NSC)nc2)c(F)c1-c1cccc(Cl)c1. The molecule has 1 N–H and O–H groups in total. The highest BCUT2D eigenvalue weighted by Gasteiger charge is 2.17. The minimum absolute atomic E-state index is 0.266. The lowest BCUT2D eigenvalue weighted by molar-refractivity contribution is 0.0979. The first-order chi connectivity index (χ1) is 13.5. The van der Waals surface area contributed by atoms with Crippen LogP contribution >= 0.6 is 23.5 Å². The number of halogens is 2. The van der Waals surface area contributed by atoms with Crippen molar-refractivity contribution >= 4 is 29.5 Å². The predicted octanol–water partition coefficient (Wildman–Crippen LogP) is 5.15. The predicted molar refractivity (Wildman–Crippen MR) is 111 cm³/mol. The van der Waals surface area contributed by atoms with Gasteiger partial charge < -0.3 is 4.74 Å². The highest BCUT2D eigenvalue weighted by Crippen LogP contribution is 2.36. The van der Waals surface area contributed by atoms with Crippen LogP contribution in [0.2, 0.25) is 5.02 Å². The third-order valence-corrected chi connectivity index (χ3v) is 4.79. The average Bonchev–Trinajstić information content (AvgIpc) is 2.70. The average molecular weight is 417 g/mol. The zero-order valence-electron chi connectivity index (χ0n) is 15.3. The van der Waals surface area contributed by atoms with Crippen molar-refractivity contribution in [2.45, 2.75) is 6.42 Å². The summed E-state index contributed by atoms with van der Waals surface area (Å²) in [5, 5.41) is 0.521. The molecule has 3 rings (SSSR count). The molecule has 0 radical (unpaired) electrons. The van der Waals surface area contributed by atoms with E-state index in [0.717, 1.165) is 5.56 Å². The summed E-state index contributed by atoms with van der Waals surface area (Å²) >= 11 is 7.28. The fourth-order valence-electron chi connectivity index (χ4n) is 2.85. The quantitative estimate of drug-likeness (QED) is 0.565. The molecule has 0 aliphatic rings. The van der Waals surface area contributed by atoms with Crippen LogP contribution in [0.4, 0.5) is 4.39 Å². The van der Waals surface area contributed by atoms with Crippen molar-refractivity contribution in [2.75, 3.05) is 13.4 Å². The monoisotopic (exact) mass is 416 g/mol. The summed E-state index contributed by atoms with van der Waals surface area (Å²) in [4.78, 5) is 15.9. The number of carbonyl (C=O) groups is 1. The summed E-state index contributed by atoms with van der Waals surface area (Å²) in [5.41, 5.74) is 2.62. The highest BCUT2D eigenvalue weighted by molar-refractivity contribution is 7.97. The van der Waals surface area contributed by atoms with Gasteiger partial charge in [0.05, 0.1) is 12.7 Å². The summed E-state index contributed by atoms with van der Waals surface area (Å²) in [6.45, 7) is 0. The van der Waals surface area contributed by atoms with Crippen molar-refractivity contribution in [3.8, 4) is 16.9 Å². The van der Waals surface area contributed by atoms with Gasteiger partial charge in [0.25, 0.3) is 5.91 Å². The van der Waals surface area contributed by atoms with Gasteiger partial charge in [-0.3, -0.25) is 14.5 Å². The van der Waals surface area contributed by atoms with Gasteiger partial charge >= 0.3 is 0 Å². The van der Waals surface area contributed by atoms with Gasteiger partial charge in [-0.05, 0) is 41.0 Å². The molecule has 0 unspecified atom stereocenters. The van der Waals surface area contributed by atoms with Crippen LogP contribution in [-0.4, -0.2) is 24.3 Å². The van der Waals surface area contributed by atoms with E-state index in [9.17, 15) is 4.79 Å². The summed E-state index contributed by atoms with van der Waals surface area (Å²) in [7, 11) is 1.50. The maximum atomic E-state index is 15.3. The number of carbonyl (C=O) groups excluding carboxylic acids is 1. The van der Waals surface area contributed by atoms with E-state index >= 15 is 4.39 Å². The van der Waals surface area contributed by atoms with Crippen LogP contribution in [0.15, 0.2) is 54.7 Å². The van der Waals surface area contributed by atoms with Gasteiger partial charge in [-0.2, -0.15) is 0 Å². The summed E-state index contributed by atoms with van der Waals surface area (Å²) in [6.07, 6.45) is 3.68. The van der Waals surface area contributed by atoms with Crippen molar-refractivity contribution < 1.29 is 13.9 Å². The molecule has 1 amide bonds. The zero-order valence-corrected chi connectivity index (χ0v) is 16.9. The molecule has 0 saturated heterocycles. The Bertz CT molecular complexity index is 996. The molecule has 1 aromatic heterocycles. The topological polar surface area (TPSA) is 51.2 Å². The maximum Gasteiger partial charge on any atom is 0.279 e. The van der Waals surface area contributed by atoms with Gasteiger partial charge in [-0.1, -0.05) is 47.8 Å². The molecule has 7 heteroatoms. The van der Waals surface area contributed by atoms with Gasteiger partial charge in [0.2, 0.25) is 0 Å². The Morgan fingerprint density at radius 2 is 2.07 bits per heavy atom. The summed E-state index contributed by atoms with van der Waals surface area (Å²) in [6, 6.07) is 13.8. The highest BCUT2D eigenvalue weighted by atomic mass is 35.5. The number of benzene rings is 2. The molecule has 1 heterocycles. The normalized spacial score (nSPS) is 10.6. The fraction of sp³-hybridized carbons (Fsp3) is 0.143. The Balaban J connectivity index is 1.93. The number of nitrogens with zero attached hydrogens (tertiary/aromatic N) is 1. The molecule has 0 spiro atoms. The summed E-state index contributed by atoms with van der Waals surface area (Å²) < 4.78 is 23.3. The first-order valence-electron chi connectivity index (χ1n) is 8.43. The molecule has 0 aliphatic heterocycles. The fourth-order valence-corrected chi connectivity index (χ4v) is 3.33. The van der Waals surface area contributed by atoms with E-state index in [-0.39, 0.29) is 11.7 Å². The second-order valence-electron chi connectivity index (χ2n) is 5.99. The number of hydrogen-bond donors (Lipinski definition) is 1. The molecule has 0 bridgehead atoms. The van der Waals surface area contributed by atoms with E-state index in [2.05, 4.69) is 9.71 Å². The molecular formula is C21H18ClFN2O2S. The van der Waals surface area contributed by atoms with Gasteiger partial charge in [0, 0.05) is 23.9 Å². The maximum absolute atomic E-state index is 15.3. The van der Waals surface area contributed by atoms with Gasteiger partial charge in [-0.15, -0.1) is 0 Å². The van der Waals surface area contributed by atoms with Crippen molar-refractivity contribution in [1.29, 1.82) is 0 Å². The van der Waals surface area contributed by atoms with Gasteiger partial charge in [0.15, 0.2) is 0 Å². The van der Waals surface area contributed by atoms with E-state index in [1.165, 1.54) is 19.1 Å². The Labute approximate surface area is 172 Å². The Kier molecular flexibility index (Phi) is 6.54. The second-order valence-corrected chi connectivity index (χ2v) is 7.04. The van der Waals surface area contributed by atoms with E-state index < -0.39 is 0 Å². The number of nitrogens with one attached hydrogen (secondary N) is 1. The minimum atomic E-state index is -0.370.